The Bertz CT molecular complexity index is 801. The van der Waals surface area contributed by atoms with Crippen LogP contribution in [0, 0.1) is 6.92 Å². The van der Waals surface area contributed by atoms with E-state index in [2.05, 4.69) is 17.4 Å². The number of likely N-dealkylation sites (tertiary alicyclic amines) is 1. The molecule has 2 atom stereocenters. The zero-order valence-corrected chi connectivity index (χ0v) is 15.2. The van der Waals surface area contributed by atoms with Crippen molar-refractivity contribution in [3.63, 3.8) is 0 Å². The summed E-state index contributed by atoms with van der Waals surface area (Å²) in [5.74, 6) is -0.286. The minimum atomic E-state index is -0.500. The second-order valence-corrected chi connectivity index (χ2v) is 6.81. The van der Waals surface area contributed by atoms with E-state index in [-0.39, 0.29) is 17.9 Å². The number of nitrogens with zero attached hydrogens (tertiary/aromatic N) is 1. The third-order valence-electron chi connectivity index (χ3n) is 4.74. The lowest BCUT2D eigenvalue weighted by molar-refractivity contribution is -0.124. The van der Waals surface area contributed by atoms with Crippen molar-refractivity contribution in [3.05, 3.63) is 59.7 Å². The molecular formula is C21H25N3O2. The molecule has 0 spiro atoms. The van der Waals surface area contributed by atoms with E-state index < -0.39 is 6.04 Å². The van der Waals surface area contributed by atoms with E-state index >= 15 is 0 Å². The summed E-state index contributed by atoms with van der Waals surface area (Å²) in [6.07, 6.45) is 0.495. The zero-order chi connectivity index (χ0) is 18.7. The van der Waals surface area contributed by atoms with E-state index in [1.54, 1.807) is 11.0 Å². The first-order valence-corrected chi connectivity index (χ1v) is 9.01. The van der Waals surface area contributed by atoms with E-state index in [9.17, 15) is 9.59 Å². The van der Waals surface area contributed by atoms with Gasteiger partial charge in [0.05, 0.1) is 0 Å². The molecule has 2 aromatic rings. The molecule has 0 aliphatic carbocycles. The highest BCUT2D eigenvalue weighted by molar-refractivity contribution is 5.99. The van der Waals surface area contributed by atoms with Crippen LogP contribution in [-0.2, 0) is 4.79 Å². The second kappa shape index (κ2) is 7.70. The maximum absolute atomic E-state index is 13.0. The van der Waals surface area contributed by atoms with E-state index in [4.69, 9.17) is 5.73 Å². The zero-order valence-electron chi connectivity index (χ0n) is 15.2. The van der Waals surface area contributed by atoms with Gasteiger partial charge in [-0.3, -0.25) is 9.59 Å². The van der Waals surface area contributed by atoms with Crippen LogP contribution in [-0.4, -0.2) is 41.9 Å². The van der Waals surface area contributed by atoms with Crippen LogP contribution in [0.3, 0.4) is 0 Å². The number of likely N-dealkylation sites (N-methyl/N-ethyl adjacent to an activating group) is 1. The lowest BCUT2D eigenvalue weighted by Crippen LogP contribution is -2.45. The van der Waals surface area contributed by atoms with Gasteiger partial charge in [0.2, 0.25) is 5.91 Å². The number of aryl methyl sites for hydroxylation is 1. The highest BCUT2D eigenvalue weighted by atomic mass is 16.2. The van der Waals surface area contributed by atoms with Crippen LogP contribution in [0.15, 0.2) is 48.5 Å². The Morgan fingerprint density at radius 3 is 2.58 bits per heavy atom. The number of hydrogen-bond donors (Lipinski definition) is 2. The predicted molar refractivity (Wildman–Crippen MR) is 103 cm³/mol. The highest BCUT2D eigenvalue weighted by Crippen LogP contribution is 2.24. The van der Waals surface area contributed by atoms with Crippen LogP contribution in [0.4, 0.5) is 0 Å². The van der Waals surface area contributed by atoms with Gasteiger partial charge in [-0.1, -0.05) is 42.0 Å². The van der Waals surface area contributed by atoms with Crippen molar-refractivity contribution in [3.8, 4) is 11.1 Å². The maximum Gasteiger partial charge on any atom is 0.254 e. The minimum Gasteiger partial charge on any atom is -0.355 e. The molecule has 1 aliphatic rings. The van der Waals surface area contributed by atoms with Crippen LogP contribution in [0.25, 0.3) is 11.1 Å². The Hall–Kier alpha value is -2.66. The smallest absolute Gasteiger partial charge is 0.254 e. The first-order chi connectivity index (χ1) is 12.5. The molecule has 3 rings (SSSR count). The fourth-order valence-electron chi connectivity index (χ4n) is 3.38. The van der Waals surface area contributed by atoms with E-state index in [1.807, 2.05) is 44.2 Å². The molecule has 26 heavy (non-hydrogen) atoms. The van der Waals surface area contributed by atoms with Crippen LogP contribution >= 0.6 is 0 Å². The summed E-state index contributed by atoms with van der Waals surface area (Å²) < 4.78 is 0. The maximum atomic E-state index is 13.0. The summed E-state index contributed by atoms with van der Waals surface area (Å²) in [6, 6.07) is 15.0. The number of carbonyl (C=O) groups is 2. The summed E-state index contributed by atoms with van der Waals surface area (Å²) in [5, 5.41) is 2.80. The fraction of sp³-hybridized carbons (Fsp3) is 0.333. The molecule has 0 unspecified atom stereocenters. The lowest BCUT2D eigenvalue weighted by Gasteiger charge is -2.24. The average Bonchev–Trinajstić information content (AvgIpc) is 3.04. The second-order valence-electron chi connectivity index (χ2n) is 6.81. The van der Waals surface area contributed by atoms with Gasteiger partial charge in [0.15, 0.2) is 0 Å². The van der Waals surface area contributed by atoms with Crippen LogP contribution < -0.4 is 11.1 Å². The number of carbonyl (C=O) groups excluding carboxylic acids is 2. The number of amides is 2. The van der Waals surface area contributed by atoms with Crippen molar-refractivity contribution in [1.82, 2.24) is 10.2 Å². The Labute approximate surface area is 154 Å². The van der Waals surface area contributed by atoms with E-state index in [1.165, 1.54) is 5.56 Å². The average molecular weight is 351 g/mol. The van der Waals surface area contributed by atoms with Crippen molar-refractivity contribution in [2.24, 2.45) is 5.73 Å². The van der Waals surface area contributed by atoms with E-state index in [0.29, 0.717) is 25.1 Å². The van der Waals surface area contributed by atoms with Gasteiger partial charge in [0.25, 0.3) is 5.91 Å². The molecule has 0 aromatic heterocycles. The molecule has 1 heterocycles. The highest BCUT2D eigenvalue weighted by Gasteiger charge is 2.38. The minimum absolute atomic E-state index is 0.136. The Morgan fingerprint density at radius 2 is 1.88 bits per heavy atom. The summed E-state index contributed by atoms with van der Waals surface area (Å²) in [4.78, 5) is 26.9. The van der Waals surface area contributed by atoms with Crippen molar-refractivity contribution < 1.29 is 9.59 Å². The molecular weight excluding hydrogens is 326 g/mol. The normalized spacial score (nSPS) is 19.4. The quantitative estimate of drug-likeness (QED) is 0.888. The molecule has 0 saturated carbocycles. The molecule has 5 nitrogen and oxygen atoms in total. The predicted octanol–water partition coefficient (Wildman–Crippen LogP) is 2.34. The van der Waals surface area contributed by atoms with Crippen LogP contribution in [0.1, 0.15) is 29.3 Å². The Balaban J connectivity index is 1.86. The van der Waals surface area contributed by atoms with E-state index in [0.717, 1.165) is 11.1 Å². The molecule has 1 fully saturated rings. The van der Waals surface area contributed by atoms with Gasteiger partial charge in [0.1, 0.15) is 6.04 Å². The van der Waals surface area contributed by atoms with Crippen molar-refractivity contribution >= 4 is 11.8 Å². The third-order valence-corrected chi connectivity index (χ3v) is 4.74. The third kappa shape index (κ3) is 3.78. The van der Waals surface area contributed by atoms with Gasteiger partial charge >= 0.3 is 0 Å². The molecule has 3 N–H and O–H groups in total. The van der Waals surface area contributed by atoms with Crippen molar-refractivity contribution in [1.29, 1.82) is 0 Å². The number of hydrogen-bond acceptors (Lipinski definition) is 3. The lowest BCUT2D eigenvalue weighted by atomic mass is 10.0. The van der Waals surface area contributed by atoms with Gasteiger partial charge in [-0.15, -0.1) is 0 Å². The molecule has 0 bridgehead atoms. The number of rotatable bonds is 4. The topological polar surface area (TPSA) is 75.4 Å². The van der Waals surface area contributed by atoms with Crippen LogP contribution in [0.5, 0.6) is 0 Å². The summed E-state index contributed by atoms with van der Waals surface area (Å²) >= 11 is 0. The monoisotopic (exact) mass is 351 g/mol. The molecule has 1 saturated heterocycles. The largest absolute Gasteiger partial charge is 0.355 e. The first kappa shape index (κ1) is 18.1. The van der Waals surface area contributed by atoms with Crippen molar-refractivity contribution in [2.45, 2.75) is 32.4 Å². The Morgan fingerprint density at radius 1 is 1.15 bits per heavy atom. The molecule has 0 radical (unpaired) electrons. The van der Waals surface area contributed by atoms with Gasteiger partial charge in [-0.05, 0) is 43.5 Å². The van der Waals surface area contributed by atoms with Crippen molar-refractivity contribution in [2.75, 3.05) is 13.1 Å². The van der Waals surface area contributed by atoms with Gasteiger partial charge in [-0.25, -0.2) is 0 Å². The summed E-state index contributed by atoms with van der Waals surface area (Å²) in [5.41, 5.74) is 9.83. The Kier molecular flexibility index (Phi) is 5.38. The standard InChI is InChI=1S/C21H25N3O2/c1-3-23-20(25)19-12-18(22)13-24(19)21(26)17-6-4-5-16(11-17)15-9-7-14(2)8-10-15/h4-11,18-19H,3,12-13,22H2,1-2H3,(H,23,25)/t18-,19-/m0/s1. The number of nitrogens with two attached hydrogens (primary N) is 1. The molecule has 136 valence electrons. The number of nitrogens with one attached hydrogen (secondary N) is 1. The molecule has 2 aromatic carbocycles. The van der Waals surface area contributed by atoms with Crippen LogP contribution in [0.2, 0.25) is 0 Å². The summed E-state index contributed by atoms with van der Waals surface area (Å²) in [7, 11) is 0. The summed E-state index contributed by atoms with van der Waals surface area (Å²) in [6.45, 7) is 4.84. The van der Waals surface area contributed by atoms with Gasteiger partial charge in [0, 0.05) is 24.7 Å². The first-order valence-electron chi connectivity index (χ1n) is 9.01. The fourth-order valence-corrected chi connectivity index (χ4v) is 3.38. The SMILES string of the molecule is CCNC(=O)[C@@H]1C[C@H](N)CN1C(=O)c1cccc(-c2ccc(C)cc2)c1. The van der Waals surface area contributed by atoms with Gasteiger partial charge in [-0.2, -0.15) is 0 Å². The number of benzene rings is 2. The molecule has 5 heteroatoms. The molecule has 2 amide bonds. The van der Waals surface area contributed by atoms with Gasteiger partial charge < -0.3 is 16.0 Å². The molecule has 1 aliphatic heterocycles.